The molecule has 3 aromatic rings. The van der Waals surface area contributed by atoms with Crippen LogP contribution in [0.25, 0.3) is 17.4 Å². The molecule has 1 fully saturated rings. The van der Waals surface area contributed by atoms with E-state index < -0.39 is 11.7 Å². The van der Waals surface area contributed by atoms with Gasteiger partial charge < -0.3 is 9.73 Å². The van der Waals surface area contributed by atoms with Crippen LogP contribution in [0.5, 0.6) is 0 Å². The van der Waals surface area contributed by atoms with Gasteiger partial charge in [-0.1, -0.05) is 30.3 Å². The van der Waals surface area contributed by atoms with Crippen molar-refractivity contribution in [2.75, 3.05) is 0 Å². The second kappa shape index (κ2) is 7.63. The average Bonchev–Trinajstić information content (AvgIpc) is 3.29. The van der Waals surface area contributed by atoms with E-state index in [1.165, 1.54) is 18.2 Å². The van der Waals surface area contributed by atoms with Crippen molar-refractivity contribution in [3.05, 3.63) is 83.0 Å². The third-order valence-corrected chi connectivity index (χ3v) is 4.92. The molecule has 0 atom stereocenters. The maximum atomic E-state index is 12.9. The molecule has 0 radical (unpaired) electrons. The van der Waals surface area contributed by atoms with E-state index in [1.54, 1.807) is 12.1 Å². The number of hydrogen-bond acceptors (Lipinski definition) is 4. The summed E-state index contributed by atoms with van der Waals surface area (Å²) in [5, 5.41) is 3.12. The number of rotatable bonds is 3. The molecule has 4 nitrogen and oxygen atoms in total. The quantitative estimate of drug-likeness (QED) is 0.547. The Kier molecular flexibility index (Phi) is 5.02. The summed E-state index contributed by atoms with van der Waals surface area (Å²) in [6.07, 6.45) is -2.90. The van der Waals surface area contributed by atoms with Gasteiger partial charge in [0.15, 0.2) is 5.17 Å². The zero-order valence-electron chi connectivity index (χ0n) is 14.7. The van der Waals surface area contributed by atoms with Gasteiger partial charge in [0.1, 0.15) is 11.5 Å². The van der Waals surface area contributed by atoms with Crippen molar-refractivity contribution in [1.29, 1.82) is 0 Å². The van der Waals surface area contributed by atoms with Gasteiger partial charge in [-0.15, -0.1) is 0 Å². The number of benzene rings is 2. The Hall–Kier alpha value is -3.26. The molecule has 146 valence electrons. The van der Waals surface area contributed by atoms with Crippen LogP contribution in [0.1, 0.15) is 11.3 Å². The van der Waals surface area contributed by atoms with Crippen molar-refractivity contribution in [2.45, 2.75) is 6.18 Å². The minimum Gasteiger partial charge on any atom is -0.457 e. The van der Waals surface area contributed by atoms with E-state index in [9.17, 15) is 18.0 Å². The number of carbonyl (C=O) groups is 1. The maximum Gasteiger partial charge on any atom is 0.416 e. The molecule has 1 saturated heterocycles. The van der Waals surface area contributed by atoms with Gasteiger partial charge >= 0.3 is 6.18 Å². The van der Waals surface area contributed by atoms with Crippen LogP contribution in [0.4, 0.5) is 18.9 Å². The minimum atomic E-state index is -4.43. The van der Waals surface area contributed by atoms with E-state index >= 15 is 0 Å². The van der Waals surface area contributed by atoms with Crippen molar-refractivity contribution in [3.63, 3.8) is 0 Å². The summed E-state index contributed by atoms with van der Waals surface area (Å²) in [5.41, 5.74) is 0.263. The van der Waals surface area contributed by atoms with E-state index in [1.807, 2.05) is 30.3 Å². The fourth-order valence-corrected chi connectivity index (χ4v) is 3.49. The van der Waals surface area contributed by atoms with E-state index in [0.717, 1.165) is 23.9 Å². The number of hydrogen-bond donors (Lipinski definition) is 1. The largest absolute Gasteiger partial charge is 0.457 e. The Labute approximate surface area is 168 Å². The first-order chi connectivity index (χ1) is 13.9. The first kappa shape index (κ1) is 19.1. The first-order valence-electron chi connectivity index (χ1n) is 8.50. The SMILES string of the molecule is O=C1NC(=Nc2ccccc2)SC1=Cc1ccc(-c2cccc(C(F)(F)F)c2)o1. The minimum absolute atomic E-state index is 0.282. The molecule has 1 amide bonds. The van der Waals surface area contributed by atoms with Crippen molar-refractivity contribution >= 4 is 34.6 Å². The van der Waals surface area contributed by atoms with E-state index in [0.29, 0.717) is 27.1 Å². The smallest absolute Gasteiger partial charge is 0.416 e. The van der Waals surface area contributed by atoms with Crippen molar-refractivity contribution < 1.29 is 22.4 Å². The first-order valence-corrected chi connectivity index (χ1v) is 9.32. The van der Waals surface area contributed by atoms with Gasteiger partial charge in [-0.05, 0) is 48.2 Å². The number of para-hydroxylation sites is 1. The second-order valence-electron chi connectivity index (χ2n) is 6.10. The number of amidine groups is 1. The maximum absolute atomic E-state index is 12.9. The van der Waals surface area contributed by atoms with Crippen LogP contribution in [0, 0.1) is 0 Å². The summed E-state index contributed by atoms with van der Waals surface area (Å²) in [6, 6.07) is 17.2. The predicted octanol–water partition coefficient (Wildman–Crippen LogP) is 5.86. The van der Waals surface area contributed by atoms with Gasteiger partial charge in [0, 0.05) is 11.6 Å². The predicted molar refractivity (Wildman–Crippen MR) is 106 cm³/mol. The molecule has 4 rings (SSSR count). The highest BCUT2D eigenvalue weighted by molar-refractivity contribution is 8.18. The Morgan fingerprint density at radius 1 is 1.00 bits per heavy atom. The Balaban J connectivity index is 1.55. The molecule has 1 aliphatic rings. The zero-order chi connectivity index (χ0) is 20.4. The Morgan fingerprint density at radius 3 is 2.55 bits per heavy atom. The van der Waals surface area contributed by atoms with Crippen molar-refractivity contribution in [3.8, 4) is 11.3 Å². The highest BCUT2D eigenvalue weighted by Crippen LogP contribution is 2.34. The van der Waals surface area contributed by atoms with Crippen molar-refractivity contribution in [1.82, 2.24) is 5.32 Å². The molecule has 1 aromatic heterocycles. The number of halogens is 3. The molecule has 2 aromatic carbocycles. The molecule has 1 aliphatic heterocycles. The topological polar surface area (TPSA) is 54.6 Å². The third-order valence-electron chi connectivity index (χ3n) is 4.01. The van der Waals surface area contributed by atoms with Gasteiger partial charge in [0.25, 0.3) is 5.91 Å². The summed E-state index contributed by atoms with van der Waals surface area (Å²) >= 11 is 1.16. The summed E-state index contributed by atoms with van der Waals surface area (Å²) in [7, 11) is 0. The molecular formula is C21H13F3N2O2S. The molecule has 1 N–H and O–H groups in total. The highest BCUT2D eigenvalue weighted by Gasteiger charge is 2.30. The number of amides is 1. The highest BCUT2D eigenvalue weighted by atomic mass is 32.2. The van der Waals surface area contributed by atoms with Crippen LogP contribution in [-0.2, 0) is 11.0 Å². The van der Waals surface area contributed by atoms with E-state index in [-0.39, 0.29) is 11.7 Å². The average molecular weight is 414 g/mol. The number of nitrogens with zero attached hydrogens (tertiary/aromatic N) is 1. The molecule has 0 bridgehead atoms. The van der Waals surface area contributed by atoms with Gasteiger partial charge in [-0.25, -0.2) is 4.99 Å². The fraction of sp³-hybridized carbons (Fsp3) is 0.0476. The lowest BCUT2D eigenvalue weighted by Gasteiger charge is -2.07. The number of aliphatic imine (C=N–C) groups is 1. The van der Waals surface area contributed by atoms with Crippen LogP contribution in [0.2, 0.25) is 0 Å². The lowest BCUT2D eigenvalue weighted by molar-refractivity contribution is -0.137. The van der Waals surface area contributed by atoms with Gasteiger partial charge in [0.2, 0.25) is 0 Å². The molecule has 0 unspecified atom stereocenters. The Bertz CT molecular complexity index is 1120. The number of furan rings is 1. The van der Waals surface area contributed by atoms with Crippen LogP contribution in [0.15, 0.2) is 81.0 Å². The monoisotopic (exact) mass is 414 g/mol. The molecule has 29 heavy (non-hydrogen) atoms. The number of alkyl halides is 3. The van der Waals surface area contributed by atoms with Gasteiger partial charge in [0.05, 0.1) is 16.2 Å². The molecule has 2 heterocycles. The normalized spacial score (nSPS) is 17.1. The number of thioether (sulfide) groups is 1. The molecule has 8 heteroatoms. The van der Waals surface area contributed by atoms with Crippen LogP contribution in [-0.4, -0.2) is 11.1 Å². The summed E-state index contributed by atoms with van der Waals surface area (Å²) in [4.78, 5) is 16.9. The second-order valence-corrected chi connectivity index (χ2v) is 7.13. The van der Waals surface area contributed by atoms with E-state index in [4.69, 9.17) is 4.42 Å². The lowest BCUT2D eigenvalue weighted by atomic mass is 10.1. The Morgan fingerprint density at radius 2 is 1.79 bits per heavy atom. The lowest BCUT2D eigenvalue weighted by Crippen LogP contribution is -2.19. The van der Waals surface area contributed by atoms with E-state index in [2.05, 4.69) is 10.3 Å². The van der Waals surface area contributed by atoms with Gasteiger partial charge in [-0.3, -0.25) is 4.79 Å². The molecular weight excluding hydrogens is 401 g/mol. The van der Waals surface area contributed by atoms with Crippen LogP contribution < -0.4 is 5.32 Å². The van der Waals surface area contributed by atoms with Crippen LogP contribution in [0.3, 0.4) is 0 Å². The summed E-state index contributed by atoms with van der Waals surface area (Å²) < 4.78 is 44.3. The summed E-state index contributed by atoms with van der Waals surface area (Å²) in [6.45, 7) is 0. The molecule has 0 spiro atoms. The molecule has 0 aliphatic carbocycles. The number of carbonyl (C=O) groups excluding carboxylic acids is 1. The number of nitrogens with one attached hydrogen (secondary N) is 1. The zero-order valence-corrected chi connectivity index (χ0v) is 15.6. The fourth-order valence-electron chi connectivity index (χ4n) is 2.66. The molecule has 0 saturated carbocycles. The third kappa shape index (κ3) is 4.43. The van der Waals surface area contributed by atoms with Gasteiger partial charge in [-0.2, -0.15) is 13.2 Å². The van der Waals surface area contributed by atoms with Crippen molar-refractivity contribution in [2.24, 2.45) is 4.99 Å². The van der Waals surface area contributed by atoms with Crippen LogP contribution >= 0.6 is 11.8 Å². The standard InChI is InChI=1S/C21H13F3N2O2S/c22-21(23,24)14-6-4-5-13(11-14)17-10-9-16(28-17)12-18-19(27)26-20(29-18)25-15-7-2-1-3-8-15/h1-12H,(H,25,26,27). The summed E-state index contributed by atoms with van der Waals surface area (Å²) in [5.74, 6) is 0.322.